The topological polar surface area (TPSA) is 93.1 Å². The van der Waals surface area contributed by atoms with Crippen LogP contribution in [0, 0.1) is 11.8 Å². The number of esters is 2. The van der Waals surface area contributed by atoms with Gasteiger partial charge < -0.3 is 19.7 Å². The Balaban J connectivity index is 4.06. The fourth-order valence-electron chi connectivity index (χ4n) is 1.12. The summed E-state index contributed by atoms with van der Waals surface area (Å²) >= 11 is 0. The molecule has 21 heavy (non-hydrogen) atoms. The fraction of sp³-hybridized carbons (Fsp3) is 0.733. The van der Waals surface area contributed by atoms with E-state index in [0.717, 1.165) is 0 Å². The van der Waals surface area contributed by atoms with Crippen LogP contribution in [0.1, 0.15) is 34.1 Å². The molecule has 0 bridgehead atoms. The quantitative estimate of drug-likeness (QED) is 0.488. The van der Waals surface area contributed by atoms with Gasteiger partial charge in [-0.25, -0.2) is 4.79 Å². The van der Waals surface area contributed by atoms with E-state index in [2.05, 4.69) is 6.58 Å². The van der Waals surface area contributed by atoms with Crippen molar-refractivity contribution in [2.24, 2.45) is 11.8 Å². The van der Waals surface area contributed by atoms with Crippen molar-refractivity contribution in [3.8, 4) is 0 Å². The van der Waals surface area contributed by atoms with E-state index < -0.39 is 24.1 Å². The number of hydrogen-bond acceptors (Lipinski definition) is 6. The van der Waals surface area contributed by atoms with Crippen molar-refractivity contribution in [3.05, 3.63) is 12.2 Å². The van der Waals surface area contributed by atoms with Crippen LogP contribution in [0.5, 0.6) is 0 Å². The van der Waals surface area contributed by atoms with E-state index in [4.69, 9.17) is 9.47 Å². The molecule has 0 spiro atoms. The standard InChI is InChI=1S/C15H26O6/c1-9(2)12(16)7-20-14(18)6-11(5)15(19)21-8-13(17)10(3)4/h9-10,12-13,16-17H,5-8H2,1-4H3. The Bertz CT molecular complexity index is 361. The van der Waals surface area contributed by atoms with Crippen LogP contribution in [-0.2, 0) is 19.1 Å². The van der Waals surface area contributed by atoms with Crippen LogP contribution in [0.4, 0.5) is 0 Å². The molecule has 0 aliphatic heterocycles. The first-order valence-electron chi connectivity index (χ1n) is 7.01. The predicted molar refractivity (Wildman–Crippen MR) is 77.4 cm³/mol. The molecule has 6 nitrogen and oxygen atoms in total. The van der Waals surface area contributed by atoms with Crippen LogP contribution in [0.2, 0.25) is 0 Å². The molecule has 0 aromatic rings. The molecule has 0 aromatic carbocycles. The third-order valence-corrected chi connectivity index (χ3v) is 2.99. The number of carbonyl (C=O) groups is 2. The second-order valence-electron chi connectivity index (χ2n) is 5.68. The molecule has 0 aliphatic rings. The molecule has 122 valence electrons. The summed E-state index contributed by atoms with van der Waals surface area (Å²) in [5.41, 5.74) is -0.0463. The second kappa shape index (κ2) is 9.52. The minimum Gasteiger partial charge on any atom is -0.463 e. The summed E-state index contributed by atoms with van der Waals surface area (Å²) in [6, 6.07) is 0. The average molecular weight is 302 g/mol. The maximum Gasteiger partial charge on any atom is 0.334 e. The van der Waals surface area contributed by atoms with Crippen LogP contribution in [-0.4, -0.2) is 47.6 Å². The summed E-state index contributed by atoms with van der Waals surface area (Å²) in [5, 5.41) is 19.0. The summed E-state index contributed by atoms with van der Waals surface area (Å²) < 4.78 is 9.69. The van der Waals surface area contributed by atoms with Crippen LogP contribution in [0.3, 0.4) is 0 Å². The Kier molecular flexibility index (Phi) is 8.89. The summed E-state index contributed by atoms with van der Waals surface area (Å²) in [6.45, 7) is 10.4. The van der Waals surface area contributed by atoms with E-state index in [9.17, 15) is 19.8 Å². The third-order valence-electron chi connectivity index (χ3n) is 2.99. The molecule has 0 saturated carbocycles. The first kappa shape index (κ1) is 19.6. The smallest absolute Gasteiger partial charge is 0.334 e. The maximum atomic E-state index is 11.6. The first-order chi connectivity index (χ1) is 9.65. The Morgan fingerprint density at radius 1 is 0.952 bits per heavy atom. The maximum absolute atomic E-state index is 11.6. The Labute approximate surface area is 125 Å². The van der Waals surface area contributed by atoms with E-state index in [1.807, 2.05) is 0 Å². The molecule has 2 N–H and O–H groups in total. The van der Waals surface area contributed by atoms with Gasteiger partial charge in [-0.15, -0.1) is 0 Å². The van der Waals surface area contributed by atoms with Gasteiger partial charge in [0, 0.05) is 5.57 Å². The van der Waals surface area contributed by atoms with Gasteiger partial charge in [0.15, 0.2) is 0 Å². The largest absolute Gasteiger partial charge is 0.463 e. The number of aliphatic hydroxyl groups is 2. The van der Waals surface area contributed by atoms with Crippen molar-refractivity contribution in [2.45, 2.75) is 46.3 Å². The zero-order valence-electron chi connectivity index (χ0n) is 13.2. The van der Waals surface area contributed by atoms with Gasteiger partial charge in [-0.05, 0) is 11.8 Å². The van der Waals surface area contributed by atoms with Crippen molar-refractivity contribution in [1.82, 2.24) is 0 Å². The minimum absolute atomic E-state index is 0.0245. The molecular weight excluding hydrogens is 276 g/mol. The van der Waals surface area contributed by atoms with E-state index in [0.29, 0.717) is 0 Å². The highest BCUT2D eigenvalue weighted by Crippen LogP contribution is 2.08. The van der Waals surface area contributed by atoms with Crippen LogP contribution in [0.25, 0.3) is 0 Å². The number of aliphatic hydroxyl groups excluding tert-OH is 2. The van der Waals surface area contributed by atoms with Gasteiger partial charge in [0.2, 0.25) is 0 Å². The average Bonchev–Trinajstić information content (AvgIpc) is 2.40. The summed E-state index contributed by atoms with van der Waals surface area (Å²) in [5.74, 6) is -1.45. The van der Waals surface area contributed by atoms with Crippen LogP contribution < -0.4 is 0 Å². The zero-order valence-corrected chi connectivity index (χ0v) is 13.2. The van der Waals surface area contributed by atoms with Gasteiger partial charge in [0.25, 0.3) is 0 Å². The van der Waals surface area contributed by atoms with Crippen LogP contribution >= 0.6 is 0 Å². The van der Waals surface area contributed by atoms with E-state index in [-0.39, 0.29) is 37.0 Å². The molecule has 2 unspecified atom stereocenters. The highest BCUT2D eigenvalue weighted by molar-refractivity contribution is 5.93. The van der Waals surface area contributed by atoms with Crippen molar-refractivity contribution >= 4 is 11.9 Å². The lowest BCUT2D eigenvalue weighted by molar-refractivity contribution is -0.150. The van der Waals surface area contributed by atoms with Crippen LogP contribution in [0.15, 0.2) is 12.2 Å². The molecule has 0 radical (unpaired) electrons. The van der Waals surface area contributed by atoms with Gasteiger partial charge in [0.05, 0.1) is 18.6 Å². The fourth-order valence-corrected chi connectivity index (χ4v) is 1.12. The summed E-state index contributed by atoms with van der Waals surface area (Å²) in [6.07, 6.45) is -1.80. The Hall–Kier alpha value is -1.40. The number of rotatable bonds is 9. The molecule has 0 aliphatic carbocycles. The minimum atomic E-state index is -0.755. The molecule has 0 fully saturated rings. The molecule has 0 saturated heterocycles. The van der Waals surface area contributed by atoms with E-state index >= 15 is 0 Å². The lowest BCUT2D eigenvalue weighted by atomic mass is 10.1. The summed E-state index contributed by atoms with van der Waals surface area (Å²) in [7, 11) is 0. The van der Waals surface area contributed by atoms with Crippen molar-refractivity contribution in [3.63, 3.8) is 0 Å². The van der Waals surface area contributed by atoms with Crippen molar-refractivity contribution < 1.29 is 29.3 Å². The highest BCUT2D eigenvalue weighted by Gasteiger charge is 2.18. The van der Waals surface area contributed by atoms with E-state index in [1.54, 1.807) is 27.7 Å². The van der Waals surface area contributed by atoms with Crippen molar-refractivity contribution in [2.75, 3.05) is 13.2 Å². The molecule has 2 atom stereocenters. The number of carbonyl (C=O) groups excluding carboxylic acids is 2. The molecule has 0 amide bonds. The lowest BCUT2D eigenvalue weighted by Gasteiger charge is -2.16. The summed E-state index contributed by atoms with van der Waals surface area (Å²) in [4.78, 5) is 23.0. The van der Waals surface area contributed by atoms with Gasteiger partial charge in [-0.2, -0.15) is 0 Å². The molecule has 0 rings (SSSR count). The Morgan fingerprint density at radius 3 is 1.81 bits per heavy atom. The third kappa shape index (κ3) is 8.47. The first-order valence-corrected chi connectivity index (χ1v) is 7.01. The monoisotopic (exact) mass is 302 g/mol. The normalized spacial score (nSPS) is 13.9. The molecule has 0 heterocycles. The zero-order chi connectivity index (χ0) is 16.6. The second-order valence-corrected chi connectivity index (χ2v) is 5.68. The molecular formula is C15H26O6. The lowest BCUT2D eigenvalue weighted by Crippen LogP contribution is -2.26. The van der Waals surface area contributed by atoms with Gasteiger partial charge in [-0.3, -0.25) is 4.79 Å². The highest BCUT2D eigenvalue weighted by atomic mass is 16.5. The van der Waals surface area contributed by atoms with Crippen molar-refractivity contribution in [1.29, 1.82) is 0 Å². The predicted octanol–water partition coefficient (Wildman–Crippen LogP) is 1.05. The van der Waals surface area contributed by atoms with Gasteiger partial charge in [0.1, 0.15) is 13.2 Å². The molecule has 6 heteroatoms. The van der Waals surface area contributed by atoms with E-state index in [1.165, 1.54) is 0 Å². The van der Waals surface area contributed by atoms with Gasteiger partial charge in [-0.1, -0.05) is 34.3 Å². The number of ether oxygens (including phenoxy) is 2. The molecule has 0 aromatic heterocycles. The van der Waals surface area contributed by atoms with Gasteiger partial charge >= 0.3 is 11.9 Å². The number of hydrogen-bond donors (Lipinski definition) is 2. The SMILES string of the molecule is C=C(CC(=O)OCC(O)C(C)C)C(=O)OCC(O)C(C)C. The Morgan fingerprint density at radius 2 is 1.38 bits per heavy atom.